The van der Waals surface area contributed by atoms with Crippen molar-refractivity contribution < 1.29 is 14.3 Å². The SMILES string of the molecule is CC(C)(NCC(=O)NCc1ccc2c(c1)OCO2)c1ccc(Cl)c(Cl)c1. The first-order valence-corrected chi connectivity index (χ1v) is 8.96. The Morgan fingerprint density at radius 3 is 2.62 bits per heavy atom. The van der Waals surface area contributed by atoms with Gasteiger partial charge in [0.15, 0.2) is 11.5 Å². The van der Waals surface area contributed by atoms with Gasteiger partial charge < -0.3 is 14.8 Å². The Morgan fingerprint density at radius 2 is 1.85 bits per heavy atom. The molecule has 2 aromatic rings. The molecule has 0 fully saturated rings. The number of fused-ring (bicyclic) bond motifs is 1. The molecule has 138 valence electrons. The van der Waals surface area contributed by atoms with Gasteiger partial charge in [0.25, 0.3) is 0 Å². The van der Waals surface area contributed by atoms with Crippen molar-refractivity contribution in [3.05, 3.63) is 57.6 Å². The fourth-order valence-corrected chi connectivity index (χ4v) is 2.90. The Labute approximate surface area is 162 Å². The Morgan fingerprint density at radius 1 is 1.08 bits per heavy atom. The molecule has 1 aliphatic rings. The molecule has 2 N–H and O–H groups in total. The van der Waals surface area contributed by atoms with Crippen LogP contribution in [0.1, 0.15) is 25.0 Å². The summed E-state index contributed by atoms with van der Waals surface area (Å²) in [4.78, 5) is 12.2. The lowest BCUT2D eigenvalue weighted by Gasteiger charge is -2.27. The number of carbonyl (C=O) groups excluding carboxylic acids is 1. The zero-order chi connectivity index (χ0) is 18.7. The highest BCUT2D eigenvalue weighted by Crippen LogP contribution is 2.32. The van der Waals surface area contributed by atoms with Gasteiger partial charge in [0.05, 0.1) is 16.6 Å². The first-order chi connectivity index (χ1) is 12.3. The number of rotatable bonds is 6. The fourth-order valence-electron chi connectivity index (χ4n) is 2.60. The normalized spacial score (nSPS) is 12.9. The number of carbonyl (C=O) groups is 1. The third-order valence-corrected chi connectivity index (χ3v) is 5.00. The molecular weight excluding hydrogens is 375 g/mol. The van der Waals surface area contributed by atoms with E-state index in [4.69, 9.17) is 32.7 Å². The van der Waals surface area contributed by atoms with Crippen molar-refractivity contribution in [1.82, 2.24) is 10.6 Å². The van der Waals surface area contributed by atoms with Gasteiger partial charge in [-0.15, -0.1) is 0 Å². The van der Waals surface area contributed by atoms with Gasteiger partial charge in [-0.3, -0.25) is 10.1 Å². The minimum absolute atomic E-state index is 0.101. The molecule has 0 bridgehead atoms. The molecule has 7 heteroatoms. The summed E-state index contributed by atoms with van der Waals surface area (Å²) in [6.07, 6.45) is 0. The van der Waals surface area contributed by atoms with Crippen LogP contribution in [0.15, 0.2) is 36.4 Å². The lowest BCUT2D eigenvalue weighted by molar-refractivity contribution is -0.120. The predicted molar refractivity (Wildman–Crippen MR) is 102 cm³/mol. The van der Waals surface area contributed by atoms with E-state index in [-0.39, 0.29) is 19.2 Å². The molecule has 0 saturated carbocycles. The van der Waals surface area contributed by atoms with Crippen LogP contribution in [-0.4, -0.2) is 19.2 Å². The van der Waals surface area contributed by atoms with Crippen LogP contribution in [0.25, 0.3) is 0 Å². The second kappa shape index (κ2) is 7.74. The Balaban J connectivity index is 1.52. The second-order valence-electron chi connectivity index (χ2n) is 6.57. The van der Waals surface area contributed by atoms with Crippen LogP contribution in [0.5, 0.6) is 11.5 Å². The molecule has 1 amide bonds. The maximum atomic E-state index is 12.2. The molecule has 3 rings (SSSR count). The molecule has 1 aliphatic heterocycles. The Hall–Kier alpha value is -1.95. The molecule has 26 heavy (non-hydrogen) atoms. The number of ether oxygens (including phenoxy) is 2. The zero-order valence-electron chi connectivity index (χ0n) is 14.6. The van der Waals surface area contributed by atoms with Crippen molar-refractivity contribution in [2.75, 3.05) is 13.3 Å². The highest BCUT2D eigenvalue weighted by atomic mass is 35.5. The molecule has 0 spiro atoms. The number of hydrogen-bond acceptors (Lipinski definition) is 4. The van der Waals surface area contributed by atoms with Gasteiger partial charge in [-0.2, -0.15) is 0 Å². The fraction of sp³-hybridized carbons (Fsp3) is 0.316. The number of hydrogen-bond donors (Lipinski definition) is 2. The standard InChI is InChI=1S/C19H20Cl2N2O3/c1-19(2,13-4-5-14(20)15(21)8-13)23-10-18(24)22-9-12-3-6-16-17(7-12)26-11-25-16/h3-8,23H,9-11H2,1-2H3,(H,22,24). The van der Waals surface area contributed by atoms with Gasteiger partial charge in [-0.05, 0) is 49.2 Å². The van der Waals surface area contributed by atoms with Gasteiger partial charge in [-0.1, -0.05) is 35.3 Å². The van der Waals surface area contributed by atoms with E-state index in [2.05, 4.69) is 10.6 Å². The maximum absolute atomic E-state index is 12.2. The quantitative estimate of drug-likeness (QED) is 0.780. The van der Waals surface area contributed by atoms with Crippen molar-refractivity contribution in [2.45, 2.75) is 25.9 Å². The van der Waals surface area contributed by atoms with Crippen LogP contribution in [0, 0.1) is 0 Å². The average molecular weight is 395 g/mol. The van der Waals surface area contributed by atoms with Crippen molar-refractivity contribution >= 4 is 29.1 Å². The zero-order valence-corrected chi connectivity index (χ0v) is 16.1. The topological polar surface area (TPSA) is 59.6 Å². The van der Waals surface area contributed by atoms with Crippen molar-refractivity contribution in [2.24, 2.45) is 0 Å². The molecule has 0 saturated heterocycles. The summed E-state index contributed by atoms with van der Waals surface area (Å²) in [5.74, 6) is 1.33. The highest BCUT2D eigenvalue weighted by molar-refractivity contribution is 6.42. The smallest absolute Gasteiger partial charge is 0.234 e. The molecule has 0 atom stereocenters. The summed E-state index contributed by atoms with van der Waals surface area (Å²) in [6, 6.07) is 11.1. The number of halogens is 2. The predicted octanol–water partition coefficient (Wildman–Crippen LogP) is 3.86. The van der Waals surface area contributed by atoms with E-state index in [1.165, 1.54) is 0 Å². The largest absolute Gasteiger partial charge is 0.454 e. The minimum atomic E-state index is -0.426. The average Bonchev–Trinajstić information content (AvgIpc) is 3.08. The lowest BCUT2D eigenvalue weighted by atomic mass is 9.94. The van der Waals surface area contributed by atoms with Gasteiger partial charge in [0, 0.05) is 12.1 Å². The Bertz CT molecular complexity index is 824. The summed E-state index contributed by atoms with van der Waals surface area (Å²) < 4.78 is 10.6. The number of nitrogens with one attached hydrogen (secondary N) is 2. The minimum Gasteiger partial charge on any atom is -0.454 e. The van der Waals surface area contributed by atoms with E-state index in [9.17, 15) is 4.79 Å². The van der Waals surface area contributed by atoms with E-state index in [1.807, 2.05) is 38.1 Å². The number of amides is 1. The van der Waals surface area contributed by atoms with Crippen molar-refractivity contribution in [3.8, 4) is 11.5 Å². The maximum Gasteiger partial charge on any atom is 0.234 e. The second-order valence-corrected chi connectivity index (χ2v) is 7.39. The summed E-state index contributed by atoms with van der Waals surface area (Å²) in [5.41, 5.74) is 1.48. The van der Waals surface area contributed by atoms with Crippen LogP contribution in [-0.2, 0) is 16.9 Å². The van der Waals surface area contributed by atoms with Crippen LogP contribution in [0.4, 0.5) is 0 Å². The van der Waals surface area contributed by atoms with E-state index in [1.54, 1.807) is 12.1 Å². The van der Waals surface area contributed by atoms with Crippen LogP contribution < -0.4 is 20.1 Å². The Kier molecular flexibility index (Phi) is 5.61. The summed E-state index contributed by atoms with van der Waals surface area (Å²) >= 11 is 12.0. The van der Waals surface area contributed by atoms with Gasteiger partial charge in [0.2, 0.25) is 12.7 Å². The van der Waals surface area contributed by atoms with Gasteiger partial charge in [-0.25, -0.2) is 0 Å². The first kappa shape index (κ1) is 18.8. The van der Waals surface area contributed by atoms with Crippen LogP contribution in [0.2, 0.25) is 10.0 Å². The van der Waals surface area contributed by atoms with Crippen molar-refractivity contribution in [3.63, 3.8) is 0 Å². The highest BCUT2D eigenvalue weighted by Gasteiger charge is 2.22. The van der Waals surface area contributed by atoms with Gasteiger partial charge in [0.1, 0.15) is 0 Å². The van der Waals surface area contributed by atoms with E-state index in [0.717, 1.165) is 16.9 Å². The summed E-state index contributed by atoms with van der Waals surface area (Å²) in [7, 11) is 0. The van der Waals surface area contributed by atoms with Crippen LogP contribution >= 0.6 is 23.2 Å². The molecule has 0 unspecified atom stereocenters. The molecule has 5 nitrogen and oxygen atoms in total. The molecule has 2 aromatic carbocycles. The third-order valence-electron chi connectivity index (χ3n) is 4.26. The monoisotopic (exact) mass is 394 g/mol. The summed E-state index contributed by atoms with van der Waals surface area (Å²) in [6.45, 7) is 4.80. The van der Waals surface area contributed by atoms with Crippen LogP contribution in [0.3, 0.4) is 0 Å². The molecular formula is C19H20Cl2N2O3. The molecule has 0 radical (unpaired) electrons. The molecule has 0 aliphatic carbocycles. The van der Waals surface area contributed by atoms with Gasteiger partial charge >= 0.3 is 0 Å². The third kappa shape index (κ3) is 4.41. The molecule has 0 aromatic heterocycles. The van der Waals surface area contributed by atoms with E-state index < -0.39 is 5.54 Å². The van der Waals surface area contributed by atoms with Crippen molar-refractivity contribution in [1.29, 1.82) is 0 Å². The van der Waals surface area contributed by atoms with E-state index in [0.29, 0.717) is 22.3 Å². The number of benzene rings is 2. The summed E-state index contributed by atoms with van der Waals surface area (Å²) in [5, 5.41) is 7.13. The first-order valence-electron chi connectivity index (χ1n) is 8.21. The molecule has 1 heterocycles. The van der Waals surface area contributed by atoms with E-state index >= 15 is 0 Å². The lowest BCUT2D eigenvalue weighted by Crippen LogP contribution is -2.43.